The standard InChI is InChI=1S/C25H28ClF2N7O2/c26-21-13-20(31-25(29)32-21)22-18(14-35(33-22)24(27)28)12-17-11-16(3-4-19(17)15-1-2-15)23(36)30-5-6-34-7-9-37-10-8-34/h3-4,11,13-15,24H,1-2,5-10,12H2,(H,30,36)(H2,29,31,32). The third-order valence-electron chi connectivity index (χ3n) is 6.58. The largest absolute Gasteiger partial charge is 0.379 e. The second-order valence-electron chi connectivity index (χ2n) is 9.27. The molecule has 0 spiro atoms. The monoisotopic (exact) mass is 531 g/mol. The highest BCUT2D eigenvalue weighted by molar-refractivity contribution is 6.29. The molecule has 1 aliphatic carbocycles. The lowest BCUT2D eigenvalue weighted by Crippen LogP contribution is -2.41. The van der Waals surface area contributed by atoms with Crippen LogP contribution in [-0.4, -0.2) is 69.9 Å². The molecular weight excluding hydrogens is 504 g/mol. The first kappa shape index (κ1) is 25.5. The van der Waals surface area contributed by atoms with Crippen LogP contribution < -0.4 is 11.1 Å². The quantitative estimate of drug-likeness (QED) is 0.406. The molecule has 12 heteroatoms. The number of rotatable bonds is 9. The molecule has 2 aromatic heterocycles. The fourth-order valence-electron chi connectivity index (χ4n) is 4.58. The number of hydrogen-bond donors (Lipinski definition) is 2. The number of anilines is 1. The van der Waals surface area contributed by atoms with Crippen molar-refractivity contribution >= 4 is 23.5 Å². The predicted molar refractivity (Wildman–Crippen MR) is 135 cm³/mol. The Balaban J connectivity index is 1.39. The molecule has 2 aliphatic rings. The molecule has 1 amide bonds. The number of nitrogens with zero attached hydrogens (tertiary/aromatic N) is 5. The number of alkyl halides is 2. The SMILES string of the molecule is Nc1nc(Cl)cc(-c2nn(C(F)F)cc2Cc2cc(C(=O)NCCN3CCOCC3)ccc2C2CC2)n1. The molecule has 9 nitrogen and oxygen atoms in total. The van der Waals surface area contributed by atoms with Gasteiger partial charge in [0.05, 0.1) is 18.9 Å². The lowest BCUT2D eigenvalue weighted by molar-refractivity contribution is 0.0383. The second kappa shape index (κ2) is 11.1. The van der Waals surface area contributed by atoms with Gasteiger partial charge in [0.25, 0.3) is 5.91 Å². The van der Waals surface area contributed by atoms with Gasteiger partial charge >= 0.3 is 6.55 Å². The highest BCUT2D eigenvalue weighted by atomic mass is 35.5. The molecule has 1 saturated carbocycles. The normalized spacial score (nSPS) is 16.3. The summed E-state index contributed by atoms with van der Waals surface area (Å²) in [5.74, 6) is 0.149. The van der Waals surface area contributed by atoms with Crippen LogP contribution in [0.4, 0.5) is 14.7 Å². The Kier molecular flexibility index (Phi) is 7.63. The molecule has 0 atom stereocenters. The topological polar surface area (TPSA) is 111 Å². The van der Waals surface area contributed by atoms with Gasteiger partial charge in [0.15, 0.2) is 0 Å². The number of benzene rings is 1. The summed E-state index contributed by atoms with van der Waals surface area (Å²) < 4.78 is 33.1. The Labute approximate surface area is 218 Å². The van der Waals surface area contributed by atoms with Gasteiger partial charge in [0.2, 0.25) is 5.95 Å². The maximum atomic E-state index is 13.6. The van der Waals surface area contributed by atoms with Crippen molar-refractivity contribution < 1.29 is 18.3 Å². The number of nitrogens with two attached hydrogens (primary N) is 1. The second-order valence-corrected chi connectivity index (χ2v) is 9.66. The summed E-state index contributed by atoms with van der Waals surface area (Å²) in [6.07, 6.45) is 3.71. The Morgan fingerprint density at radius 2 is 1.97 bits per heavy atom. The van der Waals surface area contributed by atoms with Gasteiger partial charge in [-0.1, -0.05) is 17.7 Å². The van der Waals surface area contributed by atoms with E-state index in [1.807, 2.05) is 18.2 Å². The molecule has 1 saturated heterocycles. The van der Waals surface area contributed by atoms with E-state index in [4.69, 9.17) is 22.1 Å². The molecule has 1 aromatic carbocycles. The van der Waals surface area contributed by atoms with Gasteiger partial charge in [0.1, 0.15) is 10.8 Å². The number of amides is 1. The molecule has 0 radical (unpaired) electrons. The van der Waals surface area contributed by atoms with E-state index in [1.54, 1.807) is 0 Å². The van der Waals surface area contributed by atoms with E-state index in [1.165, 1.54) is 12.3 Å². The molecule has 0 bridgehead atoms. The van der Waals surface area contributed by atoms with Crippen molar-refractivity contribution in [1.29, 1.82) is 0 Å². The van der Waals surface area contributed by atoms with Gasteiger partial charge in [0, 0.05) is 56.0 Å². The first-order valence-corrected chi connectivity index (χ1v) is 12.6. The van der Waals surface area contributed by atoms with Gasteiger partial charge in [-0.15, -0.1) is 0 Å². The van der Waals surface area contributed by atoms with Crippen LogP contribution >= 0.6 is 11.6 Å². The minimum Gasteiger partial charge on any atom is -0.379 e. The molecule has 1 aliphatic heterocycles. The first-order valence-electron chi connectivity index (χ1n) is 12.2. The van der Waals surface area contributed by atoms with Crippen LogP contribution in [0.15, 0.2) is 30.5 Å². The van der Waals surface area contributed by atoms with E-state index in [0.29, 0.717) is 47.9 Å². The van der Waals surface area contributed by atoms with E-state index in [-0.39, 0.29) is 28.4 Å². The molecule has 0 unspecified atom stereocenters. The van der Waals surface area contributed by atoms with Gasteiger partial charge in [-0.3, -0.25) is 9.69 Å². The zero-order valence-electron chi connectivity index (χ0n) is 20.2. The van der Waals surface area contributed by atoms with Crippen molar-refractivity contribution in [2.75, 3.05) is 45.1 Å². The maximum Gasteiger partial charge on any atom is 0.333 e. The van der Waals surface area contributed by atoms with Gasteiger partial charge in [-0.25, -0.2) is 14.6 Å². The van der Waals surface area contributed by atoms with Crippen molar-refractivity contribution in [1.82, 2.24) is 30.0 Å². The Hall–Kier alpha value is -3.15. The van der Waals surface area contributed by atoms with Crippen molar-refractivity contribution in [3.63, 3.8) is 0 Å². The van der Waals surface area contributed by atoms with E-state index >= 15 is 0 Å². The number of hydrogen-bond acceptors (Lipinski definition) is 7. The number of nitrogen functional groups attached to an aromatic ring is 1. The minimum atomic E-state index is -2.83. The summed E-state index contributed by atoms with van der Waals surface area (Å²) in [7, 11) is 0. The number of halogens is 3. The van der Waals surface area contributed by atoms with Gasteiger partial charge in [-0.05, 0) is 42.0 Å². The van der Waals surface area contributed by atoms with Gasteiger partial charge in [-0.2, -0.15) is 13.9 Å². The number of aromatic nitrogens is 4. The fourth-order valence-corrected chi connectivity index (χ4v) is 4.77. The van der Waals surface area contributed by atoms with Crippen LogP contribution in [0, 0.1) is 0 Å². The Morgan fingerprint density at radius 1 is 1.19 bits per heavy atom. The van der Waals surface area contributed by atoms with E-state index in [0.717, 1.165) is 43.6 Å². The van der Waals surface area contributed by atoms with Crippen LogP contribution in [0.1, 0.15) is 52.4 Å². The molecule has 3 heterocycles. The lowest BCUT2D eigenvalue weighted by Gasteiger charge is -2.26. The van der Waals surface area contributed by atoms with Crippen molar-refractivity contribution in [2.45, 2.75) is 31.7 Å². The van der Waals surface area contributed by atoms with Crippen molar-refractivity contribution in [2.24, 2.45) is 0 Å². The maximum absolute atomic E-state index is 13.6. The zero-order valence-corrected chi connectivity index (χ0v) is 20.9. The van der Waals surface area contributed by atoms with Crippen LogP contribution in [0.25, 0.3) is 11.4 Å². The average molecular weight is 532 g/mol. The van der Waals surface area contributed by atoms with Crippen LogP contribution in [0.3, 0.4) is 0 Å². The molecule has 3 aromatic rings. The summed E-state index contributed by atoms with van der Waals surface area (Å²) >= 11 is 6.04. The van der Waals surface area contributed by atoms with Crippen LogP contribution in [0.2, 0.25) is 5.15 Å². The molecule has 5 rings (SSSR count). The fraction of sp³-hybridized carbons (Fsp3) is 0.440. The minimum absolute atomic E-state index is 0.0746. The number of ether oxygens (including phenoxy) is 1. The molecule has 37 heavy (non-hydrogen) atoms. The lowest BCUT2D eigenvalue weighted by atomic mass is 9.94. The summed E-state index contributed by atoms with van der Waals surface area (Å²) in [5.41, 5.74) is 9.31. The average Bonchev–Trinajstić information content (AvgIpc) is 3.63. The first-order chi connectivity index (χ1) is 17.9. The smallest absolute Gasteiger partial charge is 0.333 e. The number of carbonyl (C=O) groups excluding carboxylic acids is 1. The number of carbonyl (C=O) groups is 1. The number of nitrogens with one attached hydrogen (secondary N) is 1. The highest BCUT2D eigenvalue weighted by Crippen LogP contribution is 2.42. The third-order valence-corrected chi connectivity index (χ3v) is 6.78. The molecule has 2 fully saturated rings. The highest BCUT2D eigenvalue weighted by Gasteiger charge is 2.28. The van der Waals surface area contributed by atoms with E-state index in [2.05, 4.69) is 25.3 Å². The third kappa shape index (κ3) is 6.23. The van der Waals surface area contributed by atoms with Crippen molar-refractivity contribution in [3.8, 4) is 11.4 Å². The zero-order chi connectivity index (χ0) is 25.9. The summed E-state index contributed by atoms with van der Waals surface area (Å²) in [6, 6.07) is 7.10. The van der Waals surface area contributed by atoms with E-state index < -0.39 is 6.55 Å². The summed E-state index contributed by atoms with van der Waals surface area (Å²) in [6.45, 7) is 1.58. The molecule has 3 N–H and O–H groups in total. The molecule has 196 valence electrons. The Morgan fingerprint density at radius 3 is 2.68 bits per heavy atom. The van der Waals surface area contributed by atoms with Crippen molar-refractivity contribution in [3.05, 3.63) is 57.9 Å². The van der Waals surface area contributed by atoms with Gasteiger partial charge < -0.3 is 15.8 Å². The van der Waals surface area contributed by atoms with Crippen LogP contribution in [-0.2, 0) is 11.2 Å². The van der Waals surface area contributed by atoms with Crippen LogP contribution in [0.5, 0.6) is 0 Å². The molecular formula is C25H28ClF2N7O2. The number of morpholine rings is 1. The Bertz CT molecular complexity index is 1260. The summed E-state index contributed by atoms with van der Waals surface area (Å²) in [5, 5.41) is 7.14. The predicted octanol–water partition coefficient (Wildman–Crippen LogP) is 3.50. The van der Waals surface area contributed by atoms with E-state index in [9.17, 15) is 13.6 Å². The summed E-state index contributed by atoms with van der Waals surface area (Å²) in [4.78, 5) is 23.2.